The minimum Gasteiger partial charge on any atom is -0.493 e. The molecular weight excluding hydrogens is 442 g/mol. The molecule has 1 atom stereocenters. The Balaban J connectivity index is 1.73. The molecule has 33 heavy (non-hydrogen) atoms. The number of carbonyl (C=O) groups is 2. The predicted molar refractivity (Wildman–Crippen MR) is 132 cm³/mol. The first-order valence-corrected chi connectivity index (χ1v) is 12.3. The van der Waals surface area contributed by atoms with Gasteiger partial charge in [-0.05, 0) is 38.5 Å². The van der Waals surface area contributed by atoms with Crippen LogP contribution in [0.4, 0.5) is 5.69 Å². The van der Waals surface area contributed by atoms with Crippen molar-refractivity contribution in [3.63, 3.8) is 0 Å². The number of rotatable bonds is 7. The van der Waals surface area contributed by atoms with E-state index in [0.717, 1.165) is 0 Å². The number of nitrogens with one attached hydrogen (secondary N) is 1. The van der Waals surface area contributed by atoms with E-state index in [1.54, 1.807) is 69.3 Å². The van der Waals surface area contributed by atoms with E-state index >= 15 is 0 Å². The first-order valence-electron chi connectivity index (χ1n) is 10.7. The van der Waals surface area contributed by atoms with E-state index in [-0.39, 0.29) is 11.6 Å². The van der Waals surface area contributed by atoms with Gasteiger partial charge in [0.15, 0.2) is 0 Å². The second kappa shape index (κ2) is 9.94. The molecule has 2 amide bonds. The molecule has 1 aliphatic heterocycles. The number of nitrogens with zero attached hydrogens (tertiary/aromatic N) is 2. The van der Waals surface area contributed by atoms with Crippen LogP contribution in [0.2, 0.25) is 0 Å². The first-order chi connectivity index (χ1) is 15.5. The molecule has 1 saturated heterocycles. The Morgan fingerprint density at radius 2 is 1.85 bits per heavy atom. The van der Waals surface area contributed by atoms with Gasteiger partial charge in [-0.15, -0.1) is 10.8 Å². The number of hydrogen-bond donors (Lipinski definition) is 3. The number of benzene rings is 2. The van der Waals surface area contributed by atoms with Crippen LogP contribution in [0.15, 0.2) is 59.6 Å². The Morgan fingerprint density at radius 3 is 2.48 bits per heavy atom. The van der Waals surface area contributed by atoms with Crippen LogP contribution in [0.3, 0.4) is 0 Å². The summed E-state index contributed by atoms with van der Waals surface area (Å²) >= 11 is 0. The topological polar surface area (TPSA) is 111 Å². The van der Waals surface area contributed by atoms with Crippen molar-refractivity contribution in [3.05, 3.63) is 60.2 Å². The first kappa shape index (κ1) is 24.8. The number of amides is 2. The van der Waals surface area contributed by atoms with Crippen molar-refractivity contribution < 1.29 is 23.4 Å². The Morgan fingerprint density at radius 1 is 1.15 bits per heavy atom. The average molecular weight is 474 g/mol. The van der Waals surface area contributed by atoms with Crippen LogP contribution in [-0.4, -0.2) is 49.6 Å². The largest absolute Gasteiger partial charge is 0.493 e. The van der Waals surface area contributed by atoms with E-state index < -0.39 is 27.5 Å². The quantitative estimate of drug-likeness (QED) is 0.495. The molecule has 1 heterocycles. The number of aliphatic imine (C=N–C) groups is 1. The van der Waals surface area contributed by atoms with Crippen molar-refractivity contribution in [2.75, 3.05) is 18.5 Å². The van der Waals surface area contributed by atoms with Gasteiger partial charge in [-0.3, -0.25) is 23.7 Å². The summed E-state index contributed by atoms with van der Waals surface area (Å²) in [5.74, 6) is -0.00572. The maximum atomic E-state index is 13.2. The SMILES string of the molecule is CC(=O)Nc1cccc(OCCCN=C2C(=O)N(C(C)(C)C)S(O)(O)C2c2ccccc2)c1. The van der Waals surface area contributed by atoms with Gasteiger partial charge in [0.05, 0.1) is 12.1 Å². The number of ether oxygens (including phenoxy) is 1. The van der Waals surface area contributed by atoms with E-state index in [9.17, 15) is 18.7 Å². The number of anilines is 1. The third-order valence-corrected chi connectivity index (χ3v) is 7.34. The van der Waals surface area contributed by atoms with E-state index in [1.807, 2.05) is 6.07 Å². The summed E-state index contributed by atoms with van der Waals surface area (Å²) in [5, 5.41) is 1.80. The van der Waals surface area contributed by atoms with Crippen molar-refractivity contribution in [2.24, 2.45) is 4.99 Å². The lowest BCUT2D eigenvalue weighted by atomic mass is 10.1. The van der Waals surface area contributed by atoms with E-state index in [1.165, 1.54) is 11.2 Å². The van der Waals surface area contributed by atoms with Gasteiger partial charge in [0.2, 0.25) is 5.91 Å². The fraction of sp³-hybridized carbons (Fsp3) is 0.375. The summed E-state index contributed by atoms with van der Waals surface area (Å²) in [5.41, 5.74) is 0.670. The van der Waals surface area contributed by atoms with Crippen molar-refractivity contribution in [3.8, 4) is 5.75 Å². The Bertz CT molecular complexity index is 1030. The normalized spacial score (nSPS) is 20.1. The van der Waals surface area contributed by atoms with Gasteiger partial charge in [0.25, 0.3) is 5.91 Å². The van der Waals surface area contributed by atoms with E-state index in [2.05, 4.69) is 10.3 Å². The molecule has 0 saturated carbocycles. The third kappa shape index (κ3) is 5.73. The highest BCUT2D eigenvalue weighted by Crippen LogP contribution is 2.64. The zero-order valence-electron chi connectivity index (χ0n) is 19.3. The molecule has 1 aliphatic rings. The lowest BCUT2D eigenvalue weighted by Crippen LogP contribution is -2.43. The van der Waals surface area contributed by atoms with E-state index in [0.29, 0.717) is 36.6 Å². The zero-order chi connectivity index (χ0) is 24.2. The molecule has 3 N–H and O–H groups in total. The second-order valence-corrected chi connectivity index (χ2v) is 10.8. The van der Waals surface area contributed by atoms with Gasteiger partial charge >= 0.3 is 0 Å². The molecular formula is C24H31N3O5S. The van der Waals surface area contributed by atoms with Gasteiger partial charge in [-0.1, -0.05) is 36.4 Å². The van der Waals surface area contributed by atoms with Gasteiger partial charge in [-0.25, -0.2) is 4.31 Å². The molecule has 9 heteroatoms. The van der Waals surface area contributed by atoms with Crippen LogP contribution < -0.4 is 10.1 Å². The molecule has 0 aliphatic carbocycles. The van der Waals surface area contributed by atoms with Crippen LogP contribution in [0.25, 0.3) is 0 Å². The number of hydrogen-bond acceptors (Lipinski definition) is 6. The van der Waals surface area contributed by atoms with Crippen molar-refractivity contribution in [2.45, 2.75) is 44.9 Å². The smallest absolute Gasteiger partial charge is 0.288 e. The Labute approximate surface area is 196 Å². The maximum Gasteiger partial charge on any atom is 0.288 e. The molecule has 0 spiro atoms. The molecule has 2 aromatic carbocycles. The fourth-order valence-corrected chi connectivity index (χ4v) is 6.09. The highest BCUT2D eigenvalue weighted by molar-refractivity contribution is 8.24. The average Bonchev–Trinajstić information content (AvgIpc) is 2.92. The summed E-state index contributed by atoms with van der Waals surface area (Å²) in [7, 11) is -3.45. The van der Waals surface area contributed by atoms with Crippen LogP contribution >= 0.6 is 10.8 Å². The Kier molecular flexibility index (Phi) is 7.46. The molecule has 0 radical (unpaired) electrons. The third-order valence-electron chi connectivity index (χ3n) is 4.96. The van der Waals surface area contributed by atoms with Crippen molar-refractivity contribution in [1.82, 2.24) is 4.31 Å². The molecule has 1 fully saturated rings. The number of carbonyl (C=O) groups excluding carboxylic acids is 2. The van der Waals surface area contributed by atoms with Crippen molar-refractivity contribution >= 4 is 34.0 Å². The van der Waals surface area contributed by atoms with Crippen LogP contribution in [-0.2, 0) is 9.59 Å². The molecule has 1 unspecified atom stereocenters. The van der Waals surface area contributed by atoms with Gasteiger partial charge in [-0.2, -0.15) is 0 Å². The summed E-state index contributed by atoms with van der Waals surface area (Å²) in [6.45, 7) is 7.40. The lowest BCUT2D eigenvalue weighted by molar-refractivity contribution is -0.122. The lowest BCUT2D eigenvalue weighted by Gasteiger charge is -2.46. The Hall–Kier alpha value is -2.88. The minimum atomic E-state index is -3.45. The molecule has 178 valence electrons. The molecule has 3 rings (SSSR count). The molecule has 2 aromatic rings. The maximum absolute atomic E-state index is 13.2. The highest BCUT2D eigenvalue weighted by Gasteiger charge is 2.54. The van der Waals surface area contributed by atoms with Crippen LogP contribution in [0.1, 0.15) is 44.9 Å². The molecule has 0 aromatic heterocycles. The van der Waals surface area contributed by atoms with Crippen LogP contribution in [0.5, 0.6) is 5.75 Å². The van der Waals surface area contributed by atoms with Crippen LogP contribution in [0, 0.1) is 0 Å². The second-order valence-electron chi connectivity index (χ2n) is 8.80. The van der Waals surface area contributed by atoms with Gasteiger partial charge in [0, 0.05) is 31.6 Å². The summed E-state index contributed by atoms with van der Waals surface area (Å²) in [6, 6.07) is 16.1. The van der Waals surface area contributed by atoms with Crippen molar-refractivity contribution in [1.29, 1.82) is 0 Å². The highest BCUT2D eigenvalue weighted by atomic mass is 32.3. The monoisotopic (exact) mass is 473 g/mol. The summed E-state index contributed by atoms with van der Waals surface area (Å²) in [4.78, 5) is 28.9. The zero-order valence-corrected chi connectivity index (χ0v) is 20.1. The fourth-order valence-electron chi connectivity index (χ4n) is 3.74. The minimum absolute atomic E-state index is 0.156. The molecule has 8 nitrogen and oxygen atoms in total. The predicted octanol–water partition coefficient (Wildman–Crippen LogP) is 4.90. The van der Waals surface area contributed by atoms with E-state index in [4.69, 9.17) is 4.74 Å². The summed E-state index contributed by atoms with van der Waals surface area (Å²) in [6.07, 6.45) is 0.525. The van der Waals surface area contributed by atoms with Gasteiger partial charge in [0.1, 0.15) is 16.7 Å². The summed E-state index contributed by atoms with van der Waals surface area (Å²) < 4.78 is 29.1. The van der Waals surface area contributed by atoms with Gasteiger partial charge < -0.3 is 10.1 Å². The standard InChI is InChI=1S/C24H31N3O5S/c1-17(28)26-19-12-8-13-20(16-19)32-15-9-14-25-21-22(18-10-6-5-7-11-18)33(30,31)27(23(21)29)24(2,3)4/h5-8,10-13,16,22,30-31H,9,14-15H2,1-4H3,(H,26,28). The molecule has 0 bridgehead atoms.